The molecule has 138 valence electrons. The summed E-state index contributed by atoms with van der Waals surface area (Å²) >= 11 is 0. The second-order valence-electron chi connectivity index (χ2n) is 6.79. The Balaban J connectivity index is 1.91. The maximum atomic E-state index is 12.8. The summed E-state index contributed by atoms with van der Waals surface area (Å²) in [6.45, 7) is 2.05. The molecule has 1 fully saturated rings. The Hall–Kier alpha value is -2.63. The number of amides is 1. The van der Waals surface area contributed by atoms with E-state index in [0.717, 1.165) is 30.5 Å². The number of carbonyl (C=O) groups is 2. The third kappa shape index (κ3) is 3.95. The molecule has 1 aromatic heterocycles. The van der Waals surface area contributed by atoms with Crippen LogP contribution in [0.3, 0.4) is 0 Å². The average Bonchev–Trinajstić information content (AvgIpc) is 3.48. The van der Waals surface area contributed by atoms with E-state index in [0.29, 0.717) is 29.0 Å². The number of carbonyl (C=O) groups excluding carboxylic acids is 1. The van der Waals surface area contributed by atoms with E-state index < -0.39 is 11.9 Å². The van der Waals surface area contributed by atoms with E-state index in [9.17, 15) is 14.7 Å². The fourth-order valence-corrected chi connectivity index (χ4v) is 3.10. The maximum Gasteiger partial charge on any atom is 0.308 e. The summed E-state index contributed by atoms with van der Waals surface area (Å²) in [7, 11) is 1.58. The molecule has 0 spiro atoms. The van der Waals surface area contributed by atoms with E-state index in [1.54, 1.807) is 13.2 Å². The Morgan fingerprint density at radius 2 is 2.12 bits per heavy atom. The van der Waals surface area contributed by atoms with Crippen LogP contribution in [0.5, 0.6) is 5.75 Å². The van der Waals surface area contributed by atoms with E-state index >= 15 is 0 Å². The highest BCUT2D eigenvalue weighted by atomic mass is 16.5. The molecule has 1 amide bonds. The first-order valence-electron chi connectivity index (χ1n) is 9.03. The minimum Gasteiger partial charge on any atom is -0.497 e. The van der Waals surface area contributed by atoms with E-state index in [4.69, 9.17) is 4.74 Å². The zero-order valence-corrected chi connectivity index (χ0v) is 15.1. The van der Waals surface area contributed by atoms with E-state index in [1.165, 1.54) is 0 Å². The predicted molar refractivity (Wildman–Crippen MR) is 98.6 cm³/mol. The number of pyridine rings is 1. The molecule has 6 heteroatoms. The van der Waals surface area contributed by atoms with Crippen molar-refractivity contribution < 1.29 is 19.4 Å². The normalized spacial score (nSPS) is 14.8. The van der Waals surface area contributed by atoms with Gasteiger partial charge in [0.15, 0.2) is 0 Å². The zero-order valence-electron chi connectivity index (χ0n) is 15.1. The van der Waals surface area contributed by atoms with E-state index in [-0.39, 0.29) is 12.5 Å². The lowest BCUT2D eigenvalue weighted by molar-refractivity contribution is -0.141. The summed E-state index contributed by atoms with van der Waals surface area (Å²) in [6, 6.07) is 7.32. The Morgan fingerprint density at radius 3 is 2.73 bits per heavy atom. The van der Waals surface area contributed by atoms with Crippen LogP contribution in [0.15, 0.2) is 24.3 Å². The molecule has 3 rings (SSSR count). The van der Waals surface area contributed by atoms with Crippen LogP contribution in [0.2, 0.25) is 0 Å². The summed E-state index contributed by atoms with van der Waals surface area (Å²) in [5, 5.41) is 12.8. The van der Waals surface area contributed by atoms with Crippen LogP contribution < -0.4 is 10.1 Å². The van der Waals surface area contributed by atoms with Crippen molar-refractivity contribution in [3.8, 4) is 5.75 Å². The number of aromatic nitrogens is 1. The van der Waals surface area contributed by atoms with Crippen LogP contribution in [0.25, 0.3) is 10.9 Å². The largest absolute Gasteiger partial charge is 0.497 e. The summed E-state index contributed by atoms with van der Waals surface area (Å²) < 4.78 is 5.27. The van der Waals surface area contributed by atoms with Crippen molar-refractivity contribution in [1.82, 2.24) is 10.3 Å². The Morgan fingerprint density at radius 1 is 1.35 bits per heavy atom. The monoisotopic (exact) mass is 356 g/mol. The number of methoxy groups -OCH3 is 1. The number of nitrogens with one attached hydrogen (secondary N) is 1. The first-order valence-corrected chi connectivity index (χ1v) is 9.03. The van der Waals surface area contributed by atoms with Gasteiger partial charge in [-0.2, -0.15) is 0 Å². The van der Waals surface area contributed by atoms with Gasteiger partial charge in [-0.3, -0.25) is 14.6 Å². The topological polar surface area (TPSA) is 88.5 Å². The van der Waals surface area contributed by atoms with Gasteiger partial charge in [0.05, 0.1) is 24.1 Å². The Kier molecular flexibility index (Phi) is 5.40. The molecular formula is C20H24N2O4. The van der Waals surface area contributed by atoms with Gasteiger partial charge in [-0.25, -0.2) is 0 Å². The molecule has 1 unspecified atom stereocenters. The quantitative estimate of drug-likeness (QED) is 0.757. The Bertz CT molecular complexity index is 830. The minimum atomic E-state index is -0.882. The van der Waals surface area contributed by atoms with Crippen molar-refractivity contribution in [2.24, 2.45) is 5.92 Å². The summed E-state index contributed by atoms with van der Waals surface area (Å²) in [6.07, 6.45) is 3.47. The van der Waals surface area contributed by atoms with E-state index in [2.05, 4.69) is 10.3 Å². The number of carboxylic acids is 1. The summed E-state index contributed by atoms with van der Waals surface area (Å²) in [5.74, 6) is -0.654. The van der Waals surface area contributed by atoms with Crippen molar-refractivity contribution in [3.05, 3.63) is 35.5 Å². The maximum absolute atomic E-state index is 12.8. The number of hydrogen-bond acceptors (Lipinski definition) is 4. The number of aliphatic carboxylic acids is 1. The van der Waals surface area contributed by atoms with Crippen molar-refractivity contribution >= 4 is 22.8 Å². The molecule has 2 N–H and O–H groups in total. The highest BCUT2D eigenvalue weighted by molar-refractivity contribution is 6.06. The van der Waals surface area contributed by atoms with Crippen LogP contribution in [-0.4, -0.2) is 35.6 Å². The highest BCUT2D eigenvalue weighted by Gasteiger charge is 2.27. The molecule has 0 radical (unpaired) electrons. The van der Waals surface area contributed by atoms with Crippen LogP contribution >= 0.6 is 0 Å². The number of rotatable bonds is 8. The molecule has 0 bridgehead atoms. The lowest BCUT2D eigenvalue weighted by atomic mass is 10.0. The van der Waals surface area contributed by atoms with Crippen molar-refractivity contribution in [2.45, 2.75) is 38.5 Å². The van der Waals surface area contributed by atoms with Gasteiger partial charge in [0.2, 0.25) is 0 Å². The van der Waals surface area contributed by atoms with Crippen molar-refractivity contribution in [1.29, 1.82) is 0 Å². The first kappa shape index (κ1) is 18.2. The molecule has 6 nitrogen and oxygen atoms in total. The summed E-state index contributed by atoms with van der Waals surface area (Å²) in [4.78, 5) is 28.8. The molecule has 1 aromatic carbocycles. The van der Waals surface area contributed by atoms with E-state index in [1.807, 2.05) is 25.1 Å². The molecule has 1 aliphatic rings. The van der Waals surface area contributed by atoms with Gasteiger partial charge in [0.25, 0.3) is 5.91 Å². The fraction of sp³-hybridized carbons (Fsp3) is 0.450. The number of fused-ring (bicyclic) bond motifs is 1. The summed E-state index contributed by atoms with van der Waals surface area (Å²) in [5.41, 5.74) is 2.20. The zero-order chi connectivity index (χ0) is 18.7. The molecule has 2 aromatic rings. The molecule has 0 saturated heterocycles. The molecule has 1 atom stereocenters. The van der Waals surface area contributed by atoms with Crippen LogP contribution in [0.4, 0.5) is 0 Å². The van der Waals surface area contributed by atoms with Gasteiger partial charge < -0.3 is 15.2 Å². The molecule has 1 heterocycles. The number of nitrogens with zero attached hydrogens (tertiary/aromatic N) is 1. The van der Waals surface area contributed by atoms with Gasteiger partial charge in [-0.05, 0) is 43.5 Å². The third-order valence-electron chi connectivity index (χ3n) is 4.77. The van der Waals surface area contributed by atoms with Crippen molar-refractivity contribution in [2.75, 3.05) is 13.7 Å². The second-order valence-corrected chi connectivity index (χ2v) is 6.79. The highest BCUT2D eigenvalue weighted by Crippen LogP contribution is 2.40. The lowest BCUT2D eigenvalue weighted by Crippen LogP contribution is -2.33. The third-order valence-corrected chi connectivity index (χ3v) is 4.77. The number of hydrogen-bond donors (Lipinski definition) is 2. The molecule has 26 heavy (non-hydrogen) atoms. The number of ether oxygens (including phenoxy) is 1. The second kappa shape index (κ2) is 7.72. The van der Waals surface area contributed by atoms with Crippen LogP contribution in [0, 0.1) is 5.92 Å². The van der Waals surface area contributed by atoms with Gasteiger partial charge >= 0.3 is 5.97 Å². The SMILES string of the molecule is CCCC(CNC(=O)c1cc(C2CC2)nc2ccc(OC)cc12)C(=O)O. The molecule has 1 aliphatic carbocycles. The smallest absolute Gasteiger partial charge is 0.308 e. The van der Waals surface area contributed by atoms with Crippen molar-refractivity contribution in [3.63, 3.8) is 0 Å². The lowest BCUT2D eigenvalue weighted by Gasteiger charge is -2.14. The first-order chi connectivity index (χ1) is 12.5. The fourth-order valence-electron chi connectivity index (χ4n) is 3.10. The standard InChI is InChI=1S/C20H24N2O4/c1-3-4-13(20(24)25)11-21-19(23)16-10-18(12-5-6-12)22-17-8-7-14(26-2)9-15(16)17/h7-10,12-13H,3-6,11H2,1-2H3,(H,21,23)(H,24,25). The molecule has 0 aliphatic heterocycles. The number of benzene rings is 1. The van der Waals surface area contributed by atoms with Gasteiger partial charge in [0.1, 0.15) is 5.75 Å². The average molecular weight is 356 g/mol. The van der Waals surface area contributed by atoms with Gasteiger partial charge in [-0.1, -0.05) is 13.3 Å². The van der Waals surface area contributed by atoms with Crippen LogP contribution in [-0.2, 0) is 4.79 Å². The predicted octanol–water partition coefficient (Wildman–Crippen LogP) is 3.35. The van der Waals surface area contributed by atoms with Gasteiger partial charge in [0, 0.05) is 23.5 Å². The number of carboxylic acid groups (broad SMARTS) is 1. The van der Waals surface area contributed by atoms with Crippen LogP contribution in [0.1, 0.15) is 54.6 Å². The minimum absolute atomic E-state index is 0.120. The molecule has 1 saturated carbocycles. The van der Waals surface area contributed by atoms with Gasteiger partial charge in [-0.15, -0.1) is 0 Å². The molecular weight excluding hydrogens is 332 g/mol. The Labute approximate surface area is 152 Å².